The fourth-order valence-corrected chi connectivity index (χ4v) is 8.77. The van der Waals surface area contributed by atoms with Crippen molar-refractivity contribution in [1.82, 2.24) is 51.9 Å². The van der Waals surface area contributed by atoms with Crippen LogP contribution >= 0.6 is 0 Å². The molecule has 0 aromatic carbocycles. The van der Waals surface area contributed by atoms with Crippen LogP contribution in [0.4, 0.5) is 0 Å². The molecule has 7 saturated heterocycles. The van der Waals surface area contributed by atoms with Gasteiger partial charge in [-0.05, 0) is 45.1 Å². The number of piperidine rings is 1. The Balaban J connectivity index is 1.02. The van der Waals surface area contributed by atoms with Crippen molar-refractivity contribution in [2.45, 2.75) is 75.6 Å². The molecule has 10 atom stereocenters. The van der Waals surface area contributed by atoms with Gasteiger partial charge in [0.05, 0.1) is 37.9 Å². The topological polar surface area (TPSA) is 104 Å². The zero-order valence-electron chi connectivity index (χ0n) is 24.9. The number of ether oxygens (including phenoxy) is 2. The lowest BCUT2D eigenvalue weighted by Gasteiger charge is -2.43. The Kier molecular flexibility index (Phi) is 8.67. The van der Waals surface area contributed by atoms with Crippen LogP contribution in [-0.2, 0) is 9.47 Å². The summed E-state index contributed by atoms with van der Waals surface area (Å²) < 4.78 is 11.9. The molecule has 0 aromatic heterocycles. The number of hydrazine groups is 2. The molecular formula is C28H54N10O2. The Hall–Kier alpha value is -0.480. The van der Waals surface area contributed by atoms with Crippen LogP contribution in [0.15, 0.2) is 0 Å². The van der Waals surface area contributed by atoms with E-state index in [0.717, 1.165) is 63.9 Å². The van der Waals surface area contributed by atoms with Crippen molar-refractivity contribution in [2.24, 2.45) is 23.7 Å². The molecule has 0 aliphatic carbocycles. The van der Waals surface area contributed by atoms with Gasteiger partial charge in [-0.15, -0.1) is 0 Å². The molecule has 0 radical (unpaired) electrons. The Labute approximate surface area is 240 Å². The van der Waals surface area contributed by atoms with Gasteiger partial charge in [0.15, 0.2) is 0 Å². The zero-order valence-corrected chi connectivity index (χ0v) is 24.9. The summed E-state index contributed by atoms with van der Waals surface area (Å²) in [6, 6.07) is 0.942. The van der Waals surface area contributed by atoms with Crippen molar-refractivity contribution in [2.75, 3.05) is 79.7 Å². The number of hydrogen-bond acceptors (Lipinski definition) is 12. The predicted octanol–water partition coefficient (Wildman–Crippen LogP) is -1.64. The first-order chi connectivity index (χ1) is 19.6. The maximum absolute atomic E-state index is 6.59. The van der Waals surface area contributed by atoms with Crippen molar-refractivity contribution >= 4 is 0 Å². The van der Waals surface area contributed by atoms with E-state index in [0.29, 0.717) is 42.4 Å². The van der Waals surface area contributed by atoms with Crippen LogP contribution in [0.3, 0.4) is 0 Å². The largest absolute Gasteiger partial charge is 0.384 e. The highest BCUT2D eigenvalue weighted by atomic mass is 16.5. The molecule has 0 amide bonds. The predicted molar refractivity (Wildman–Crippen MR) is 153 cm³/mol. The fraction of sp³-hybridized carbons (Fsp3) is 1.00. The van der Waals surface area contributed by atoms with E-state index in [-0.39, 0.29) is 12.4 Å². The fourth-order valence-electron chi connectivity index (χ4n) is 8.77. The van der Waals surface area contributed by atoms with E-state index < -0.39 is 0 Å². The molecule has 0 spiro atoms. The van der Waals surface area contributed by atoms with Crippen LogP contribution < -0.4 is 32.1 Å². The standard InChI is InChI=1S/C28H54N10O2/c1-18-6-9-40-28-22(12-31-35(28)2)26-29-7-4-24(33-26)32-25-10-23-21(11-30-25)27(34-38(18)23)37-8-5-19(16-37)13-36-14-20(15-36)17-39-3/h18-34H,4-17H2,1-3H3/t18-,19?,21?,22?,23?,24?,25?,26?,27?,28?/m0/s1. The van der Waals surface area contributed by atoms with Gasteiger partial charge in [-0.2, -0.15) is 0 Å². The second kappa shape index (κ2) is 12.3. The second-order valence-corrected chi connectivity index (χ2v) is 13.7. The smallest absolute Gasteiger partial charge is 0.129 e. The number of methoxy groups -OCH3 is 1. The molecule has 9 unspecified atom stereocenters. The molecule has 12 nitrogen and oxygen atoms in total. The van der Waals surface area contributed by atoms with Gasteiger partial charge >= 0.3 is 0 Å². The lowest BCUT2D eigenvalue weighted by atomic mass is 9.89. The van der Waals surface area contributed by atoms with Crippen LogP contribution in [0.1, 0.15) is 32.6 Å². The van der Waals surface area contributed by atoms with Crippen molar-refractivity contribution < 1.29 is 9.47 Å². The summed E-state index contributed by atoms with van der Waals surface area (Å²) in [4.78, 5) is 5.41. The van der Waals surface area contributed by atoms with Gasteiger partial charge in [-0.1, -0.05) is 0 Å². The Morgan fingerprint density at radius 2 is 1.85 bits per heavy atom. The number of rotatable bonds is 5. The van der Waals surface area contributed by atoms with E-state index in [9.17, 15) is 0 Å². The van der Waals surface area contributed by atoms with Crippen LogP contribution in [0.5, 0.6) is 0 Å². The molecule has 0 aromatic rings. The number of fused-ring (bicyclic) bond motifs is 5. The van der Waals surface area contributed by atoms with Crippen LogP contribution in [0.25, 0.3) is 0 Å². The molecule has 0 saturated carbocycles. The Morgan fingerprint density at radius 3 is 2.73 bits per heavy atom. The minimum atomic E-state index is 0.0706. The second-order valence-electron chi connectivity index (χ2n) is 13.7. The van der Waals surface area contributed by atoms with Gasteiger partial charge in [0.25, 0.3) is 0 Å². The first-order valence-electron chi connectivity index (χ1n) is 16.1. The van der Waals surface area contributed by atoms with E-state index in [1.54, 1.807) is 0 Å². The summed E-state index contributed by atoms with van der Waals surface area (Å²) in [5, 5.41) is 20.3. The van der Waals surface area contributed by atoms with Crippen molar-refractivity contribution in [3.8, 4) is 0 Å². The third-order valence-corrected chi connectivity index (χ3v) is 10.9. The average Bonchev–Trinajstić information content (AvgIpc) is 3.64. The normalized spacial score (nSPS) is 46.3. The monoisotopic (exact) mass is 562 g/mol. The molecule has 4 bridgehead atoms. The van der Waals surface area contributed by atoms with E-state index in [1.165, 1.54) is 39.1 Å². The van der Waals surface area contributed by atoms with Crippen LogP contribution in [0, 0.1) is 23.7 Å². The maximum atomic E-state index is 6.59. The summed E-state index contributed by atoms with van der Waals surface area (Å²) in [6.45, 7) is 13.2. The van der Waals surface area contributed by atoms with Crippen molar-refractivity contribution in [3.63, 3.8) is 0 Å². The van der Waals surface area contributed by atoms with Gasteiger partial charge in [-0.3, -0.25) is 21.0 Å². The number of nitrogens with one attached hydrogen (secondary N) is 6. The summed E-state index contributed by atoms with van der Waals surface area (Å²) in [5.41, 5.74) is 7.59. The molecule has 7 rings (SSSR count). The highest BCUT2D eigenvalue weighted by molar-refractivity contribution is 5.02. The highest BCUT2D eigenvalue weighted by Gasteiger charge is 2.50. The SMILES string of the molecule is COCC1CN(CC2CCN(C3NN4C5CC(NCC35)NC3CCNC(N3)C3CNN(C)C3OCC[C@@H]4C)C2)C1. The van der Waals surface area contributed by atoms with E-state index >= 15 is 0 Å². The molecule has 40 heavy (non-hydrogen) atoms. The number of likely N-dealkylation sites (tertiary alicyclic amines) is 2. The first-order valence-corrected chi connectivity index (χ1v) is 16.1. The van der Waals surface area contributed by atoms with E-state index in [2.05, 4.69) is 65.9 Å². The van der Waals surface area contributed by atoms with E-state index in [4.69, 9.17) is 9.47 Å². The number of nitrogens with zero attached hydrogens (tertiary/aromatic N) is 4. The summed E-state index contributed by atoms with van der Waals surface area (Å²) in [6.07, 6.45) is 5.90. The minimum absolute atomic E-state index is 0.0706. The summed E-state index contributed by atoms with van der Waals surface area (Å²) >= 11 is 0. The quantitative estimate of drug-likeness (QED) is 0.232. The summed E-state index contributed by atoms with van der Waals surface area (Å²) in [5.74, 6) is 2.47. The van der Waals surface area contributed by atoms with Gasteiger partial charge < -0.3 is 25.0 Å². The minimum Gasteiger partial charge on any atom is -0.384 e. The lowest BCUT2D eigenvalue weighted by molar-refractivity contribution is -0.0793. The summed E-state index contributed by atoms with van der Waals surface area (Å²) in [7, 11) is 3.94. The van der Waals surface area contributed by atoms with Gasteiger partial charge in [0.1, 0.15) is 6.23 Å². The highest BCUT2D eigenvalue weighted by Crippen LogP contribution is 2.35. The van der Waals surface area contributed by atoms with Gasteiger partial charge in [-0.25, -0.2) is 15.4 Å². The molecule has 7 aliphatic rings. The Morgan fingerprint density at radius 1 is 0.950 bits per heavy atom. The van der Waals surface area contributed by atoms with Gasteiger partial charge in [0, 0.05) is 89.8 Å². The van der Waals surface area contributed by atoms with Crippen molar-refractivity contribution in [1.29, 1.82) is 0 Å². The number of hydrogen-bond donors (Lipinski definition) is 6. The Bertz CT molecular complexity index is 850. The van der Waals surface area contributed by atoms with Crippen molar-refractivity contribution in [3.05, 3.63) is 0 Å². The maximum Gasteiger partial charge on any atom is 0.129 e. The lowest BCUT2D eigenvalue weighted by Crippen LogP contribution is -2.67. The molecule has 12 heteroatoms. The molecular weight excluding hydrogens is 508 g/mol. The zero-order chi connectivity index (χ0) is 27.2. The van der Waals surface area contributed by atoms with Crippen LogP contribution in [0.2, 0.25) is 0 Å². The third-order valence-electron chi connectivity index (χ3n) is 10.9. The molecule has 6 N–H and O–H groups in total. The van der Waals surface area contributed by atoms with Crippen LogP contribution in [-0.4, -0.2) is 143 Å². The average molecular weight is 563 g/mol. The van der Waals surface area contributed by atoms with Gasteiger partial charge in [0.2, 0.25) is 0 Å². The molecule has 228 valence electrons. The first kappa shape index (κ1) is 28.3. The molecule has 7 fully saturated rings. The third kappa shape index (κ3) is 5.72. The molecule has 7 heterocycles. The molecule has 7 aliphatic heterocycles. The van der Waals surface area contributed by atoms with E-state index in [1.807, 2.05) is 7.11 Å².